The molecule has 5 saturated heterocycles. The third kappa shape index (κ3) is 4.77. The molecule has 9 heteroatoms. The van der Waals surface area contributed by atoms with E-state index in [1.165, 1.54) is 83.5 Å². The lowest BCUT2D eigenvalue weighted by atomic mass is 9.76. The van der Waals surface area contributed by atoms with Gasteiger partial charge in [-0.25, -0.2) is 0 Å². The van der Waals surface area contributed by atoms with Crippen molar-refractivity contribution < 1.29 is 0 Å². The lowest BCUT2D eigenvalue weighted by Crippen LogP contribution is -2.61. The molecule has 9 aliphatic rings. The summed E-state index contributed by atoms with van der Waals surface area (Å²) in [5.41, 5.74) is 0. The number of rotatable bonds is 0. The summed E-state index contributed by atoms with van der Waals surface area (Å²) >= 11 is 6.86. The van der Waals surface area contributed by atoms with Crippen molar-refractivity contribution in [1.82, 2.24) is 42.5 Å². The van der Waals surface area contributed by atoms with Gasteiger partial charge in [-0.2, -0.15) is 0 Å². The van der Waals surface area contributed by atoms with Crippen LogP contribution in [0.3, 0.4) is 0 Å². The summed E-state index contributed by atoms with van der Waals surface area (Å²) in [7, 11) is 0. The number of alkyl halides is 1. The summed E-state index contributed by atoms with van der Waals surface area (Å²) in [6.07, 6.45) is 22.9. The Balaban J connectivity index is 1.05. The zero-order valence-electron chi connectivity index (χ0n) is 24.8. The molecule has 0 amide bonds. The zero-order valence-corrected chi connectivity index (χ0v) is 25.6. The maximum atomic E-state index is 6.86. The Labute approximate surface area is 252 Å². The van der Waals surface area contributed by atoms with Crippen LogP contribution in [0, 0.1) is 47.3 Å². The zero-order chi connectivity index (χ0) is 27.1. The molecule has 5 aliphatic heterocycles. The predicted octanol–water partition coefficient (Wildman–Crippen LogP) is 2.82. The van der Waals surface area contributed by atoms with Gasteiger partial charge in [-0.05, 0) is 105 Å². The molecule has 9 rings (SSSR count). The van der Waals surface area contributed by atoms with Gasteiger partial charge in [-0.15, -0.1) is 11.6 Å². The quantitative estimate of drug-likeness (QED) is 0.205. The van der Waals surface area contributed by atoms with Gasteiger partial charge in [0.1, 0.15) is 0 Å². The van der Waals surface area contributed by atoms with Crippen molar-refractivity contribution in [2.45, 2.75) is 151 Å². The van der Waals surface area contributed by atoms with Gasteiger partial charge >= 0.3 is 0 Å². The van der Waals surface area contributed by atoms with E-state index >= 15 is 0 Å². The number of nitrogens with one attached hydrogen (secondary N) is 8. The van der Waals surface area contributed by atoms with Crippen LogP contribution in [0.1, 0.15) is 96.3 Å². The Hall–Kier alpha value is -0.0300. The molecule has 0 aromatic carbocycles. The molecule has 0 aromatic heterocycles. The third-order valence-electron chi connectivity index (χ3n) is 13.8. The lowest BCUT2D eigenvalue weighted by molar-refractivity contribution is 0.168. The van der Waals surface area contributed by atoms with E-state index in [4.69, 9.17) is 11.6 Å². The van der Waals surface area contributed by atoms with Crippen molar-refractivity contribution >= 4 is 11.6 Å². The van der Waals surface area contributed by atoms with Crippen molar-refractivity contribution in [1.29, 1.82) is 0 Å². The Bertz CT molecular complexity index is 953. The minimum absolute atomic E-state index is 0.314. The standard InChI is InChI=1S/C32H55ClN8/c33-16-13-14-23-24(15-16)32-40-30-22-12-6-5-11-21(22)28(38-30)36-26-18-8-2-1-7-17(18)25(34-26)35-27-19-9-3-4-10-20(19)29(37-27)39-31(23)41-32/h16-32,34-41H,1-15H2. The van der Waals surface area contributed by atoms with Gasteiger partial charge in [0.2, 0.25) is 0 Å². The van der Waals surface area contributed by atoms with Gasteiger partial charge < -0.3 is 0 Å². The van der Waals surface area contributed by atoms with Crippen LogP contribution in [0.5, 0.6) is 0 Å². The van der Waals surface area contributed by atoms with Crippen LogP contribution in [0.25, 0.3) is 0 Å². The molecule has 17 atom stereocenters. The summed E-state index contributed by atoms with van der Waals surface area (Å²) in [5, 5.41) is 33.9. The Kier molecular flexibility index (Phi) is 7.39. The van der Waals surface area contributed by atoms with E-state index in [1.807, 2.05) is 0 Å². The molecule has 0 spiro atoms. The lowest BCUT2D eigenvalue weighted by Gasteiger charge is -2.36. The number of hydrogen-bond acceptors (Lipinski definition) is 8. The van der Waals surface area contributed by atoms with E-state index in [1.54, 1.807) is 0 Å². The van der Waals surface area contributed by atoms with Crippen LogP contribution in [0.4, 0.5) is 0 Å². The van der Waals surface area contributed by atoms with Gasteiger partial charge in [0.25, 0.3) is 0 Å². The van der Waals surface area contributed by atoms with E-state index < -0.39 is 0 Å². The molecule has 9 fully saturated rings. The van der Waals surface area contributed by atoms with Crippen molar-refractivity contribution in [2.75, 3.05) is 0 Å². The van der Waals surface area contributed by atoms with Crippen LogP contribution >= 0.6 is 11.6 Å². The fourth-order valence-corrected chi connectivity index (χ4v) is 12.3. The highest BCUT2D eigenvalue weighted by atomic mass is 35.5. The van der Waals surface area contributed by atoms with Gasteiger partial charge in [0.05, 0.1) is 49.3 Å². The Morgan fingerprint density at radius 1 is 0.293 bits per heavy atom. The van der Waals surface area contributed by atoms with Crippen LogP contribution in [-0.4, -0.2) is 54.7 Å². The first-order chi connectivity index (χ1) is 20.2. The topological polar surface area (TPSA) is 96.2 Å². The SMILES string of the molecule is ClC1CCC2C3NC4NC(NC5NC(NC6NC(NC(N3)C2C1)C1CCCCC61)C1CCCCC51)C1CCCCC41. The molecule has 41 heavy (non-hydrogen) atoms. The molecule has 230 valence electrons. The maximum Gasteiger partial charge on any atom is 0.0629 e. The summed E-state index contributed by atoms with van der Waals surface area (Å²) in [6.45, 7) is 0. The highest BCUT2D eigenvalue weighted by Crippen LogP contribution is 2.46. The smallest absolute Gasteiger partial charge is 0.0629 e. The van der Waals surface area contributed by atoms with E-state index in [2.05, 4.69) is 42.5 Å². The highest BCUT2D eigenvalue weighted by molar-refractivity contribution is 6.20. The van der Waals surface area contributed by atoms with Crippen molar-refractivity contribution in [3.8, 4) is 0 Å². The highest BCUT2D eigenvalue weighted by Gasteiger charge is 2.54. The molecular formula is C32H55ClN8. The van der Waals surface area contributed by atoms with Gasteiger partial charge in [0.15, 0.2) is 0 Å². The monoisotopic (exact) mass is 586 g/mol. The van der Waals surface area contributed by atoms with Crippen molar-refractivity contribution in [3.05, 3.63) is 0 Å². The normalized spacial score (nSPS) is 58.3. The Morgan fingerprint density at radius 2 is 0.537 bits per heavy atom. The minimum Gasteiger partial charge on any atom is -0.286 e. The molecule has 8 nitrogen and oxygen atoms in total. The molecular weight excluding hydrogens is 532 g/mol. The van der Waals surface area contributed by atoms with Crippen LogP contribution in [-0.2, 0) is 0 Å². The van der Waals surface area contributed by atoms with Gasteiger partial charge in [-0.3, -0.25) is 42.5 Å². The Morgan fingerprint density at radius 3 is 0.829 bits per heavy atom. The second-order valence-electron chi connectivity index (χ2n) is 15.7. The van der Waals surface area contributed by atoms with E-state index in [0.29, 0.717) is 84.3 Å². The third-order valence-corrected chi connectivity index (χ3v) is 14.2. The average Bonchev–Trinajstić information content (AvgIpc) is 3.72. The summed E-state index contributed by atoms with van der Waals surface area (Å²) in [5.74, 6) is 5.55. The van der Waals surface area contributed by atoms with Gasteiger partial charge in [-0.1, -0.05) is 38.5 Å². The molecule has 0 radical (unpaired) electrons. The van der Waals surface area contributed by atoms with E-state index in [-0.39, 0.29) is 0 Å². The van der Waals surface area contributed by atoms with Crippen LogP contribution < -0.4 is 42.5 Å². The first-order valence-corrected chi connectivity index (χ1v) is 18.4. The fraction of sp³-hybridized carbons (Fsp3) is 1.00. The molecule has 5 heterocycles. The molecule has 0 aromatic rings. The maximum absolute atomic E-state index is 6.86. The largest absolute Gasteiger partial charge is 0.286 e. The second-order valence-corrected chi connectivity index (χ2v) is 16.3. The summed E-state index contributed by atoms with van der Waals surface area (Å²) < 4.78 is 0. The predicted molar refractivity (Wildman–Crippen MR) is 162 cm³/mol. The number of halogens is 1. The molecule has 4 aliphatic carbocycles. The average molecular weight is 587 g/mol. The van der Waals surface area contributed by atoms with E-state index in [0.717, 1.165) is 30.6 Å². The number of hydrogen-bond donors (Lipinski definition) is 8. The fourth-order valence-electron chi connectivity index (χ4n) is 11.9. The first kappa shape index (κ1) is 27.3. The summed E-state index contributed by atoms with van der Waals surface area (Å²) in [6, 6.07) is 0. The molecule has 8 N–H and O–H groups in total. The molecule has 17 unspecified atom stereocenters. The van der Waals surface area contributed by atoms with Crippen molar-refractivity contribution in [2.24, 2.45) is 47.3 Å². The van der Waals surface area contributed by atoms with E-state index in [9.17, 15) is 0 Å². The van der Waals surface area contributed by atoms with Gasteiger partial charge in [0, 0.05) is 5.38 Å². The first-order valence-electron chi connectivity index (χ1n) is 17.9. The molecule has 8 bridgehead atoms. The minimum atomic E-state index is 0.314. The van der Waals surface area contributed by atoms with Crippen molar-refractivity contribution in [3.63, 3.8) is 0 Å². The van der Waals surface area contributed by atoms with Crippen LogP contribution in [0.15, 0.2) is 0 Å². The number of fused-ring (bicyclic) bond motifs is 20. The molecule has 4 saturated carbocycles. The summed E-state index contributed by atoms with van der Waals surface area (Å²) in [4.78, 5) is 0. The second kappa shape index (κ2) is 11.1. The van der Waals surface area contributed by atoms with Crippen LogP contribution in [0.2, 0.25) is 0 Å².